The molecule has 0 fully saturated rings. The van der Waals surface area contributed by atoms with Gasteiger partial charge in [-0.3, -0.25) is 4.79 Å². The van der Waals surface area contributed by atoms with Gasteiger partial charge in [0, 0.05) is 24.6 Å². The normalized spacial score (nSPS) is 9.65. The van der Waals surface area contributed by atoms with Gasteiger partial charge in [0.1, 0.15) is 0 Å². The summed E-state index contributed by atoms with van der Waals surface area (Å²) >= 11 is 9.31. The van der Waals surface area contributed by atoms with Gasteiger partial charge in [0.2, 0.25) is 0 Å². The fraction of sp³-hybridized carbons (Fsp3) is 0.364. The zero-order valence-electron chi connectivity index (χ0n) is 9.67. The van der Waals surface area contributed by atoms with E-state index in [9.17, 15) is 4.79 Å². The van der Waals surface area contributed by atoms with Crippen LogP contribution in [0.25, 0.3) is 0 Å². The minimum Gasteiger partial charge on any atom is -0.340 e. The second-order valence-corrected chi connectivity index (χ2v) is 4.78. The third kappa shape index (κ3) is 4.84. The highest BCUT2D eigenvalue weighted by Crippen LogP contribution is 2.21. The first-order valence-corrected chi connectivity index (χ1v) is 6.08. The summed E-state index contributed by atoms with van der Waals surface area (Å²) in [6, 6.07) is 5.26. The van der Waals surface area contributed by atoms with Crippen molar-refractivity contribution in [3.63, 3.8) is 0 Å². The molecule has 1 aromatic rings. The van der Waals surface area contributed by atoms with Gasteiger partial charge in [-0.15, -0.1) is 12.4 Å². The van der Waals surface area contributed by atoms with Crippen molar-refractivity contribution in [1.82, 2.24) is 10.2 Å². The zero-order valence-corrected chi connectivity index (χ0v) is 12.8. The van der Waals surface area contributed by atoms with Crippen LogP contribution in [0.5, 0.6) is 0 Å². The Morgan fingerprint density at radius 1 is 1.53 bits per heavy atom. The first kappa shape index (κ1) is 16.7. The Balaban J connectivity index is 0.00000256. The molecule has 3 nitrogen and oxygen atoms in total. The monoisotopic (exact) mass is 340 g/mol. The second-order valence-electron chi connectivity index (χ2n) is 3.45. The Morgan fingerprint density at radius 3 is 2.76 bits per heavy atom. The predicted molar refractivity (Wildman–Crippen MR) is 77.3 cm³/mol. The highest BCUT2D eigenvalue weighted by atomic mass is 79.9. The maximum absolute atomic E-state index is 12.0. The number of likely N-dealkylation sites (N-methyl/N-ethyl adjacent to an activating group) is 2. The standard InChI is InChI=1S/C11H14BrClN2O.ClH/c1-14-5-6-15(2)11(16)9-7-8(12)3-4-10(9)13;/h3-4,7,14H,5-6H2,1-2H3;1H. The van der Waals surface area contributed by atoms with Gasteiger partial charge in [0.15, 0.2) is 0 Å². The number of carbonyl (C=O) groups excluding carboxylic acids is 1. The summed E-state index contributed by atoms with van der Waals surface area (Å²) in [6.07, 6.45) is 0. The lowest BCUT2D eigenvalue weighted by molar-refractivity contribution is 0.0797. The van der Waals surface area contributed by atoms with E-state index < -0.39 is 0 Å². The SMILES string of the molecule is CNCCN(C)C(=O)c1cc(Br)ccc1Cl.Cl. The molecule has 0 aromatic heterocycles. The van der Waals surface area contributed by atoms with E-state index in [1.165, 1.54) is 0 Å². The Bertz CT molecular complexity index is 388. The average molecular weight is 342 g/mol. The number of hydrogen-bond acceptors (Lipinski definition) is 2. The summed E-state index contributed by atoms with van der Waals surface area (Å²) in [7, 11) is 3.61. The summed E-state index contributed by atoms with van der Waals surface area (Å²) < 4.78 is 0.849. The van der Waals surface area contributed by atoms with Crippen molar-refractivity contribution >= 4 is 45.8 Å². The van der Waals surface area contributed by atoms with Gasteiger partial charge in [-0.25, -0.2) is 0 Å². The maximum atomic E-state index is 12.0. The van der Waals surface area contributed by atoms with E-state index in [0.717, 1.165) is 11.0 Å². The third-order valence-electron chi connectivity index (χ3n) is 2.20. The van der Waals surface area contributed by atoms with Crippen LogP contribution in [-0.2, 0) is 0 Å². The molecule has 1 rings (SSSR count). The molecule has 0 aliphatic rings. The number of amides is 1. The quantitative estimate of drug-likeness (QED) is 0.913. The number of hydrogen-bond donors (Lipinski definition) is 1. The molecular formula is C11H15BrCl2N2O. The van der Waals surface area contributed by atoms with Crippen LogP contribution in [0.4, 0.5) is 0 Å². The molecule has 0 bridgehead atoms. The molecule has 0 aliphatic carbocycles. The molecule has 0 aliphatic heterocycles. The molecule has 96 valence electrons. The molecule has 6 heteroatoms. The van der Waals surface area contributed by atoms with Crippen molar-refractivity contribution in [2.24, 2.45) is 0 Å². The average Bonchev–Trinajstić information content (AvgIpc) is 2.28. The number of carbonyl (C=O) groups is 1. The first-order valence-electron chi connectivity index (χ1n) is 4.91. The van der Waals surface area contributed by atoms with Crippen LogP contribution in [0, 0.1) is 0 Å². The van der Waals surface area contributed by atoms with E-state index >= 15 is 0 Å². The topological polar surface area (TPSA) is 32.3 Å². The van der Waals surface area contributed by atoms with Crippen molar-refractivity contribution in [3.05, 3.63) is 33.3 Å². The lowest BCUT2D eigenvalue weighted by Gasteiger charge is -2.17. The molecule has 0 atom stereocenters. The van der Waals surface area contributed by atoms with E-state index in [2.05, 4.69) is 21.2 Å². The van der Waals surface area contributed by atoms with E-state index in [4.69, 9.17) is 11.6 Å². The molecule has 1 amide bonds. The van der Waals surface area contributed by atoms with Crippen molar-refractivity contribution in [2.45, 2.75) is 0 Å². The van der Waals surface area contributed by atoms with Gasteiger partial charge in [0.05, 0.1) is 10.6 Å². The minimum atomic E-state index is -0.0680. The molecule has 0 spiro atoms. The second kappa shape index (κ2) is 7.93. The van der Waals surface area contributed by atoms with Crippen LogP contribution in [0.1, 0.15) is 10.4 Å². The van der Waals surface area contributed by atoms with Crippen molar-refractivity contribution in [1.29, 1.82) is 0 Å². The van der Waals surface area contributed by atoms with Gasteiger partial charge >= 0.3 is 0 Å². The zero-order chi connectivity index (χ0) is 12.1. The fourth-order valence-corrected chi connectivity index (χ4v) is 1.81. The van der Waals surface area contributed by atoms with Gasteiger partial charge < -0.3 is 10.2 Å². The molecule has 0 heterocycles. The molecule has 17 heavy (non-hydrogen) atoms. The van der Waals surface area contributed by atoms with Gasteiger partial charge in [-0.1, -0.05) is 27.5 Å². The molecule has 0 unspecified atom stereocenters. The predicted octanol–water partition coefficient (Wildman–Crippen LogP) is 2.82. The van der Waals surface area contributed by atoms with Crippen LogP contribution in [0.3, 0.4) is 0 Å². The van der Waals surface area contributed by atoms with E-state index in [1.807, 2.05) is 13.1 Å². The molecule has 1 aromatic carbocycles. The highest BCUT2D eigenvalue weighted by molar-refractivity contribution is 9.10. The Morgan fingerprint density at radius 2 is 2.18 bits per heavy atom. The van der Waals surface area contributed by atoms with E-state index in [0.29, 0.717) is 17.1 Å². The Hall–Kier alpha value is -0.290. The van der Waals surface area contributed by atoms with Crippen molar-refractivity contribution < 1.29 is 4.79 Å². The largest absolute Gasteiger partial charge is 0.340 e. The maximum Gasteiger partial charge on any atom is 0.255 e. The summed E-state index contributed by atoms with van der Waals surface area (Å²) in [6.45, 7) is 1.41. The van der Waals surface area contributed by atoms with Crippen molar-refractivity contribution in [2.75, 3.05) is 27.2 Å². The lowest BCUT2D eigenvalue weighted by Crippen LogP contribution is -2.32. The van der Waals surface area contributed by atoms with Crippen LogP contribution < -0.4 is 5.32 Å². The number of rotatable bonds is 4. The van der Waals surface area contributed by atoms with Gasteiger partial charge in [-0.05, 0) is 25.2 Å². The molecule has 0 saturated carbocycles. The van der Waals surface area contributed by atoms with Gasteiger partial charge in [-0.2, -0.15) is 0 Å². The first-order chi connectivity index (χ1) is 7.56. The number of nitrogens with zero attached hydrogens (tertiary/aromatic N) is 1. The minimum absolute atomic E-state index is 0. The third-order valence-corrected chi connectivity index (χ3v) is 3.03. The van der Waals surface area contributed by atoms with Crippen LogP contribution in [0.15, 0.2) is 22.7 Å². The van der Waals surface area contributed by atoms with Crippen LogP contribution in [0.2, 0.25) is 5.02 Å². The Kier molecular flexibility index (Phi) is 7.79. The highest BCUT2D eigenvalue weighted by Gasteiger charge is 2.14. The summed E-state index contributed by atoms with van der Waals surface area (Å²) in [5.74, 6) is -0.0680. The fourth-order valence-electron chi connectivity index (χ4n) is 1.25. The van der Waals surface area contributed by atoms with E-state index in [1.54, 1.807) is 24.1 Å². The number of halogens is 3. The molecular weight excluding hydrogens is 327 g/mol. The van der Waals surface area contributed by atoms with Crippen LogP contribution in [-0.4, -0.2) is 38.0 Å². The summed E-state index contributed by atoms with van der Waals surface area (Å²) in [4.78, 5) is 13.7. The van der Waals surface area contributed by atoms with Crippen LogP contribution >= 0.6 is 39.9 Å². The number of benzene rings is 1. The van der Waals surface area contributed by atoms with E-state index in [-0.39, 0.29) is 18.3 Å². The molecule has 1 N–H and O–H groups in total. The summed E-state index contributed by atoms with van der Waals surface area (Å²) in [5.41, 5.74) is 0.523. The van der Waals surface area contributed by atoms with Gasteiger partial charge in [0.25, 0.3) is 5.91 Å². The number of nitrogens with one attached hydrogen (secondary N) is 1. The lowest BCUT2D eigenvalue weighted by atomic mass is 10.2. The smallest absolute Gasteiger partial charge is 0.255 e. The van der Waals surface area contributed by atoms with Crippen molar-refractivity contribution in [3.8, 4) is 0 Å². The Labute approximate surface area is 121 Å². The molecule has 0 saturated heterocycles. The molecule has 0 radical (unpaired) electrons. The summed E-state index contributed by atoms with van der Waals surface area (Å²) in [5, 5.41) is 3.47.